The molecule has 0 spiro atoms. The second kappa shape index (κ2) is 32.4. The summed E-state index contributed by atoms with van der Waals surface area (Å²) in [6, 6.07) is 0. The highest BCUT2D eigenvalue weighted by Gasteiger charge is 1.88. The van der Waals surface area contributed by atoms with E-state index in [-0.39, 0.29) is 22.3 Å². The molecule has 0 aromatic rings. The fourth-order valence-electron chi connectivity index (χ4n) is 0.289. The maximum atomic E-state index is 2.28. The Labute approximate surface area is 76.4 Å². The van der Waals surface area contributed by atoms with Gasteiger partial charge in [0.15, 0.2) is 0 Å². The lowest BCUT2D eigenvalue weighted by Gasteiger charge is -1.98. The topological polar surface area (TPSA) is 0 Å². The van der Waals surface area contributed by atoms with Crippen LogP contribution in [-0.2, 0) is 0 Å². The van der Waals surface area contributed by atoms with Crippen LogP contribution in [0.15, 0.2) is 0 Å². The van der Waals surface area contributed by atoms with E-state index in [1.807, 2.05) is 13.8 Å². The van der Waals surface area contributed by atoms with Crippen molar-refractivity contribution in [3.8, 4) is 0 Å². The third-order valence-electron chi connectivity index (χ3n) is 1.39. The average molecular weight is 164 g/mol. The molecule has 11 heavy (non-hydrogen) atoms. The first kappa shape index (κ1) is 30.6. The number of hydrogen-bond acceptors (Lipinski definition) is 0. The predicted octanol–water partition coefficient (Wildman–Crippen LogP) is 5.38. The molecule has 0 N–H and O–H groups in total. The standard InChI is InChI=1S/C6H14.C2H6.3CH4/c1-4-6(3)5-2;1-2;;;/h6H,4-5H2,1-3H3;1-2H3;3*1H4. The van der Waals surface area contributed by atoms with Crippen molar-refractivity contribution in [1.82, 2.24) is 0 Å². The molecular formula is C11H32. The van der Waals surface area contributed by atoms with Crippen molar-refractivity contribution in [2.75, 3.05) is 0 Å². The van der Waals surface area contributed by atoms with Gasteiger partial charge in [-0.25, -0.2) is 0 Å². The van der Waals surface area contributed by atoms with Crippen LogP contribution in [0.1, 0.15) is 69.7 Å². The van der Waals surface area contributed by atoms with Crippen LogP contribution in [0.5, 0.6) is 0 Å². The lowest BCUT2D eigenvalue weighted by Crippen LogP contribution is -1.85. The Morgan fingerprint density at radius 2 is 1.00 bits per heavy atom. The van der Waals surface area contributed by atoms with Gasteiger partial charge in [-0.1, -0.05) is 69.7 Å². The average Bonchev–Trinajstić information content (AvgIpc) is 1.91. The zero-order chi connectivity index (χ0) is 6.99. The van der Waals surface area contributed by atoms with Gasteiger partial charge in [-0.2, -0.15) is 0 Å². The first-order valence-electron chi connectivity index (χ1n) is 3.81. The van der Waals surface area contributed by atoms with Crippen LogP contribution in [-0.4, -0.2) is 0 Å². The van der Waals surface area contributed by atoms with Crippen LogP contribution >= 0.6 is 0 Å². The van der Waals surface area contributed by atoms with Crippen LogP contribution in [0.3, 0.4) is 0 Å². The second-order valence-electron chi connectivity index (χ2n) is 1.92. The number of rotatable bonds is 2. The maximum absolute atomic E-state index is 2.28. The van der Waals surface area contributed by atoms with Gasteiger partial charge in [0.1, 0.15) is 0 Å². The van der Waals surface area contributed by atoms with E-state index in [9.17, 15) is 0 Å². The molecule has 0 fully saturated rings. The predicted molar refractivity (Wildman–Crippen MR) is 61.3 cm³/mol. The summed E-state index contributed by atoms with van der Waals surface area (Å²) in [4.78, 5) is 0. The van der Waals surface area contributed by atoms with Gasteiger partial charge in [-0.05, 0) is 5.92 Å². The molecule has 0 heterocycles. The Morgan fingerprint density at radius 3 is 1.00 bits per heavy atom. The van der Waals surface area contributed by atoms with Gasteiger partial charge >= 0.3 is 0 Å². The van der Waals surface area contributed by atoms with Gasteiger partial charge in [-0.15, -0.1) is 0 Å². The Morgan fingerprint density at radius 1 is 0.818 bits per heavy atom. The minimum atomic E-state index is 0. The largest absolute Gasteiger partial charge is 0.0776 e. The molecule has 0 aromatic heterocycles. The SMILES string of the molecule is C.C.C.CC.CCC(C)CC. The minimum absolute atomic E-state index is 0. The summed E-state index contributed by atoms with van der Waals surface area (Å²) in [5, 5.41) is 0. The molecule has 0 nitrogen and oxygen atoms in total. The Bertz CT molecular complexity index is 19.2. The monoisotopic (exact) mass is 164 g/mol. The fraction of sp³-hybridized carbons (Fsp3) is 1.00. The molecule has 0 radical (unpaired) electrons. The molecule has 0 rings (SSSR count). The van der Waals surface area contributed by atoms with Crippen molar-refractivity contribution in [3.63, 3.8) is 0 Å². The zero-order valence-corrected chi connectivity index (χ0v) is 6.99. The minimum Gasteiger partial charge on any atom is -0.0776 e. The maximum Gasteiger partial charge on any atom is -0.0448 e. The summed E-state index contributed by atoms with van der Waals surface area (Å²) in [6.07, 6.45) is 2.66. The lowest BCUT2D eigenvalue weighted by molar-refractivity contribution is 0.544. The Kier molecular flexibility index (Phi) is 90.0. The van der Waals surface area contributed by atoms with Gasteiger partial charge in [0, 0.05) is 0 Å². The van der Waals surface area contributed by atoms with Gasteiger partial charge < -0.3 is 0 Å². The third-order valence-corrected chi connectivity index (χ3v) is 1.39. The van der Waals surface area contributed by atoms with E-state index in [0.717, 1.165) is 5.92 Å². The molecule has 0 bridgehead atoms. The van der Waals surface area contributed by atoms with E-state index < -0.39 is 0 Å². The van der Waals surface area contributed by atoms with Crippen LogP contribution in [0.4, 0.5) is 0 Å². The molecule has 0 aliphatic rings. The summed E-state index contributed by atoms with van der Waals surface area (Å²) < 4.78 is 0. The van der Waals surface area contributed by atoms with Crippen LogP contribution in [0.25, 0.3) is 0 Å². The first-order valence-corrected chi connectivity index (χ1v) is 3.81. The smallest absolute Gasteiger partial charge is 0.0448 e. The summed E-state index contributed by atoms with van der Waals surface area (Å²) in [5.74, 6) is 0.935. The van der Waals surface area contributed by atoms with E-state index in [1.165, 1.54) is 12.8 Å². The van der Waals surface area contributed by atoms with Crippen molar-refractivity contribution >= 4 is 0 Å². The molecule has 76 valence electrons. The van der Waals surface area contributed by atoms with Gasteiger partial charge in [0.25, 0.3) is 0 Å². The van der Waals surface area contributed by atoms with Gasteiger partial charge in [-0.3, -0.25) is 0 Å². The molecule has 0 heteroatoms. The fourth-order valence-corrected chi connectivity index (χ4v) is 0.289. The van der Waals surface area contributed by atoms with Crippen LogP contribution < -0.4 is 0 Å². The summed E-state index contributed by atoms with van der Waals surface area (Å²) in [6.45, 7) is 10.7. The zero-order valence-electron chi connectivity index (χ0n) is 6.99. The van der Waals surface area contributed by atoms with E-state index in [2.05, 4.69) is 20.8 Å². The first-order chi connectivity index (χ1) is 3.81. The highest BCUT2D eigenvalue weighted by atomic mass is 13.9. The molecule has 0 atom stereocenters. The molecule has 0 aliphatic carbocycles. The highest BCUT2D eigenvalue weighted by Crippen LogP contribution is 2.02. The summed E-state index contributed by atoms with van der Waals surface area (Å²) in [5.41, 5.74) is 0. The lowest BCUT2D eigenvalue weighted by atomic mass is 10.1. The highest BCUT2D eigenvalue weighted by molar-refractivity contribution is 4.41. The molecule has 0 saturated heterocycles. The summed E-state index contributed by atoms with van der Waals surface area (Å²) in [7, 11) is 0. The van der Waals surface area contributed by atoms with E-state index in [0.29, 0.717) is 0 Å². The molecular weight excluding hydrogens is 132 g/mol. The Hall–Kier alpha value is 0. The van der Waals surface area contributed by atoms with Gasteiger partial charge in [0.2, 0.25) is 0 Å². The molecule has 0 amide bonds. The second-order valence-corrected chi connectivity index (χ2v) is 1.92. The third kappa shape index (κ3) is 40.0. The van der Waals surface area contributed by atoms with Gasteiger partial charge in [0.05, 0.1) is 0 Å². The van der Waals surface area contributed by atoms with Crippen molar-refractivity contribution in [2.45, 2.75) is 69.7 Å². The van der Waals surface area contributed by atoms with E-state index in [1.54, 1.807) is 0 Å². The molecule has 0 aliphatic heterocycles. The van der Waals surface area contributed by atoms with Crippen molar-refractivity contribution in [1.29, 1.82) is 0 Å². The van der Waals surface area contributed by atoms with Crippen LogP contribution in [0.2, 0.25) is 0 Å². The van der Waals surface area contributed by atoms with E-state index >= 15 is 0 Å². The Balaban J connectivity index is -0.0000000222. The van der Waals surface area contributed by atoms with Crippen molar-refractivity contribution in [3.05, 3.63) is 0 Å². The molecule has 0 saturated carbocycles. The van der Waals surface area contributed by atoms with Crippen molar-refractivity contribution < 1.29 is 0 Å². The molecule has 0 aromatic carbocycles. The van der Waals surface area contributed by atoms with Crippen LogP contribution in [0, 0.1) is 5.92 Å². The molecule has 0 unspecified atom stereocenters. The van der Waals surface area contributed by atoms with E-state index in [4.69, 9.17) is 0 Å². The normalized spacial score (nSPS) is 6.00. The number of hydrogen-bond donors (Lipinski definition) is 0. The summed E-state index contributed by atoms with van der Waals surface area (Å²) >= 11 is 0. The quantitative estimate of drug-likeness (QED) is 0.514. The van der Waals surface area contributed by atoms with Crippen molar-refractivity contribution in [2.24, 2.45) is 5.92 Å².